The van der Waals surface area contributed by atoms with Crippen LogP contribution in [-0.4, -0.2) is 13.9 Å². The molecule has 3 heteroatoms. The monoisotopic (exact) mass is 334 g/mol. The standard InChI is InChI=1S/C12H19IOSi/c1-12(2,3)8-6-7-9(14)11(10(8)13)15(4)5/h6-7,14-15H,1-5H3. The molecule has 15 heavy (non-hydrogen) atoms. The van der Waals surface area contributed by atoms with Crippen molar-refractivity contribution in [2.75, 3.05) is 0 Å². The molecule has 0 atom stereocenters. The Balaban J connectivity index is 3.42. The van der Waals surface area contributed by atoms with Gasteiger partial charge in [-0.25, -0.2) is 0 Å². The molecular weight excluding hydrogens is 315 g/mol. The topological polar surface area (TPSA) is 20.2 Å². The molecule has 0 saturated carbocycles. The molecule has 0 bridgehead atoms. The Bertz CT molecular complexity index is 367. The molecule has 0 unspecified atom stereocenters. The molecule has 84 valence electrons. The molecule has 0 aliphatic carbocycles. The summed E-state index contributed by atoms with van der Waals surface area (Å²) in [4.78, 5) is 0. The van der Waals surface area contributed by atoms with Gasteiger partial charge in [0.1, 0.15) is 5.75 Å². The minimum Gasteiger partial charge on any atom is -0.508 e. The summed E-state index contributed by atoms with van der Waals surface area (Å²) in [6, 6.07) is 3.91. The van der Waals surface area contributed by atoms with Crippen molar-refractivity contribution >= 4 is 36.6 Å². The van der Waals surface area contributed by atoms with Crippen LogP contribution in [0.4, 0.5) is 0 Å². The average molecular weight is 334 g/mol. The lowest BCUT2D eigenvalue weighted by Crippen LogP contribution is -2.29. The van der Waals surface area contributed by atoms with Crippen molar-refractivity contribution in [2.45, 2.75) is 39.3 Å². The van der Waals surface area contributed by atoms with Gasteiger partial charge in [-0.05, 0) is 44.8 Å². The van der Waals surface area contributed by atoms with Crippen LogP contribution < -0.4 is 5.19 Å². The van der Waals surface area contributed by atoms with Gasteiger partial charge < -0.3 is 5.11 Å². The number of rotatable bonds is 1. The van der Waals surface area contributed by atoms with Gasteiger partial charge in [0.15, 0.2) is 0 Å². The van der Waals surface area contributed by atoms with Crippen LogP contribution in [0.3, 0.4) is 0 Å². The third-order valence-corrected chi connectivity index (χ3v) is 6.03. The van der Waals surface area contributed by atoms with Crippen molar-refractivity contribution in [3.05, 3.63) is 21.3 Å². The summed E-state index contributed by atoms with van der Waals surface area (Å²) < 4.78 is 1.27. The van der Waals surface area contributed by atoms with Crippen molar-refractivity contribution in [1.82, 2.24) is 0 Å². The molecule has 0 amide bonds. The molecule has 0 aliphatic rings. The Morgan fingerprint density at radius 2 is 1.73 bits per heavy atom. The predicted octanol–water partition coefficient (Wildman–Crippen LogP) is 2.99. The zero-order valence-corrected chi connectivity index (χ0v) is 13.4. The van der Waals surface area contributed by atoms with Crippen LogP contribution in [-0.2, 0) is 5.41 Å². The predicted molar refractivity (Wildman–Crippen MR) is 78.0 cm³/mol. The number of aromatic hydroxyl groups is 1. The summed E-state index contributed by atoms with van der Waals surface area (Å²) in [5.74, 6) is 0.481. The lowest BCUT2D eigenvalue weighted by atomic mass is 9.87. The Labute approximate surface area is 108 Å². The van der Waals surface area contributed by atoms with E-state index >= 15 is 0 Å². The third-order valence-electron chi connectivity index (χ3n) is 2.54. The molecule has 1 aromatic rings. The third kappa shape index (κ3) is 2.75. The first-order valence-corrected chi connectivity index (χ1v) is 9.23. The molecule has 0 aliphatic heterocycles. The summed E-state index contributed by atoms with van der Waals surface area (Å²) in [5, 5.41) is 11.1. The quantitative estimate of drug-likeness (QED) is 0.618. The van der Waals surface area contributed by atoms with Gasteiger partial charge in [-0.1, -0.05) is 39.9 Å². The fourth-order valence-corrected chi connectivity index (χ4v) is 6.19. The minimum absolute atomic E-state index is 0.155. The van der Waals surface area contributed by atoms with E-state index in [1.165, 1.54) is 14.3 Å². The highest BCUT2D eigenvalue weighted by molar-refractivity contribution is 14.1. The van der Waals surface area contributed by atoms with E-state index in [-0.39, 0.29) is 5.41 Å². The first-order valence-electron chi connectivity index (χ1n) is 5.27. The highest BCUT2D eigenvalue weighted by Gasteiger charge is 2.21. The maximum atomic E-state index is 9.88. The number of halogens is 1. The van der Waals surface area contributed by atoms with E-state index in [1.807, 2.05) is 6.07 Å². The molecular formula is C12H19IOSi. The highest BCUT2D eigenvalue weighted by Crippen LogP contribution is 2.28. The molecule has 0 saturated heterocycles. The maximum absolute atomic E-state index is 9.88. The Morgan fingerprint density at radius 3 is 2.13 bits per heavy atom. The zero-order chi connectivity index (χ0) is 11.8. The van der Waals surface area contributed by atoms with Gasteiger partial charge in [0.2, 0.25) is 0 Å². The van der Waals surface area contributed by atoms with Crippen LogP contribution in [0.25, 0.3) is 0 Å². The average Bonchev–Trinajstić information content (AvgIpc) is 2.00. The molecule has 0 heterocycles. The number of phenolic OH excluding ortho intramolecular Hbond substituents is 1. The van der Waals surface area contributed by atoms with E-state index < -0.39 is 8.80 Å². The smallest absolute Gasteiger partial charge is 0.115 e. The number of hydrogen-bond acceptors (Lipinski definition) is 1. The van der Waals surface area contributed by atoms with E-state index in [2.05, 4.69) is 62.5 Å². The first kappa shape index (κ1) is 13.0. The molecule has 1 aromatic carbocycles. The number of phenols is 1. The van der Waals surface area contributed by atoms with Crippen molar-refractivity contribution in [2.24, 2.45) is 0 Å². The van der Waals surface area contributed by atoms with Crippen LogP contribution in [0.1, 0.15) is 26.3 Å². The molecule has 0 radical (unpaired) electrons. The highest BCUT2D eigenvalue weighted by atomic mass is 127. The molecule has 1 nitrogen and oxygen atoms in total. The maximum Gasteiger partial charge on any atom is 0.115 e. The molecule has 0 aromatic heterocycles. The summed E-state index contributed by atoms with van der Waals surface area (Å²) in [6.45, 7) is 11.2. The molecule has 1 N–H and O–H groups in total. The van der Waals surface area contributed by atoms with Gasteiger partial charge in [-0.3, -0.25) is 0 Å². The van der Waals surface area contributed by atoms with Crippen molar-refractivity contribution in [1.29, 1.82) is 0 Å². The Morgan fingerprint density at radius 1 is 1.20 bits per heavy atom. The second kappa shape index (κ2) is 4.45. The summed E-state index contributed by atoms with van der Waals surface area (Å²) >= 11 is 2.38. The van der Waals surface area contributed by atoms with E-state index in [1.54, 1.807) is 0 Å². The second-order valence-electron chi connectivity index (χ2n) is 5.26. The normalized spacial score (nSPS) is 12.2. The van der Waals surface area contributed by atoms with Gasteiger partial charge in [0.05, 0.1) is 8.80 Å². The summed E-state index contributed by atoms with van der Waals surface area (Å²) in [5.41, 5.74) is 1.50. The van der Waals surface area contributed by atoms with Gasteiger partial charge in [0.25, 0.3) is 0 Å². The van der Waals surface area contributed by atoms with Crippen molar-refractivity contribution in [3.63, 3.8) is 0 Å². The fraction of sp³-hybridized carbons (Fsp3) is 0.500. The SMILES string of the molecule is C[SiH](C)c1c(O)ccc(C(C)(C)C)c1I. The van der Waals surface area contributed by atoms with Gasteiger partial charge >= 0.3 is 0 Å². The Hall–Kier alpha value is -0.0331. The van der Waals surface area contributed by atoms with Crippen LogP contribution >= 0.6 is 22.6 Å². The van der Waals surface area contributed by atoms with Crippen LogP contribution in [0.2, 0.25) is 13.1 Å². The van der Waals surface area contributed by atoms with Gasteiger partial charge in [-0.15, -0.1) is 0 Å². The zero-order valence-electron chi connectivity index (χ0n) is 10.1. The van der Waals surface area contributed by atoms with Gasteiger partial charge in [-0.2, -0.15) is 0 Å². The lowest BCUT2D eigenvalue weighted by Gasteiger charge is -2.24. The summed E-state index contributed by atoms with van der Waals surface area (Å²) in [7, 11) is -0.965. The molecule has 0 fully saturated rings. The number of hydrogen-bond donors (Lipinski definition) is 1. The van der Waals surface area contributed by atoms with E-state index in [0.717, 1.165) is 0 Å². The fourth-order valence-electron chi connectivity index (χ4n) is 1.71. The second-order valence-corrected chi connectivity index (χ2v) is 9.23. The first-order chi connectivity index (χ1) is 6.75. The number of benzene rings is 1. The Kier molecular flexibility index (Phi) is 3.87. The van der Waals surface area contributed by atoms with E-state index in [0.29, 0.717) is 5.75 Å². The van der Waals surface area contributed by atoms with E-state index in [9.17, 15) is 5.11 Å². The molecule has 0 spiro atoms. The van der Waals surface area contributed by atoms with Gasteiger partial charge in [0, 0.05) is 3.57 Å². The van der Waals surface area contributed by atoms with E-state index in [4.69, 9.17) is 0 Å². The largest absolute Gasteiger partial charge is 0.508 e. The van der Waals surface area contributed by atoms with Crippen LogP contribution in [0, 0.1) is 3.57 Å². The van der Waals surface area contributed by atoms with Crippen molar-refractivity contribution in [3.8, 4) is 5.75 Å². The minimum atomic E-state index is -0.965. The summed E-state index contributed by atoms with van der Waals surface area (Å²) in [6.07, 6.45) is 0. The van der Waals surface area contributed by atoms with Crippen molar-refractivity contribution < 1.29 is 5.11 Å². The van der Waals surface area contributed by atoms with Crippen LogP contribution in [0.5, 0.6) is 5.75 Å². The van der Waals surface area contributed by atoms with Crippen LogP contribution in [0.15, 0.2) is 12.1 Å². The molecule has 1 rings (SSSR count). The lowest BCUT2D eigenvalue weighted by molar-refractivity contribution is 0.477.